The highest BCUT2D eigenvalue weighted by atomic mass is 19.1. The predicted octanol–water partition coefficient (Wildman–Crippen LogP) is 5.30. The number of carbonyl (C=O) groups is 2. The molecule has 1 heterocycles. The molecule has 0 radical (unpaired) electrons. The Balaban J connectivity index is 2.16. The van der Waals surface area contributed by atoms with Gasteiger partial charge in [0, 0.05) is 13.1 Å². The highest BCUT2D eigenvalue weighted by Gasteiger charge is 2.22. The van der Waals surface area contributed by atoms with Gasteiger partial charge >= 0.3 is 6.09 Å². The van der Waals surface area contributed by atoms with E-state index < -0.39 is 35.1 Å². The van der Waals surface area contributed by atoms with E-state index in [2.05, 4.69) is 15.6 Å². The molecule has 180 valence electrons. The first-order valence-corrected chi connectivity index (χ1v) is 10.7. The average molecular weight is 464 g/mol. The molecule has 2 amide bonds. The smallest absolute Gasteiger partial charge is 0.407 e. The van der Waals surface area contributed by atoms with E-state index in [1.54, 1.807) is 26.8 Å². The fourth-order valence-corrected chi connectivity index (χ4v) is 3.12. The molecule has 2 rings (SSSR count). The lowest BCUT2D eigenvalue weighted by Crippen LogP contribution is -2.42. The standard InChI is InChI=1S/C24H31F2N3O4/c1-14(2)9-18(29-23(31)33-24(4,5)6)13-32-22-19(25)10-17(11-20(22)26)16-7-8-27-21(12-16)28-15(3)30/h7-8,10-12,14,18H,9,13H2,1-6H3,(H,29,31)(H,27,28,30). The molecule has 2 N–H and O–H groups in total. The molecule has 1 unspecified atom stereocenters. The van der Waals surface area contributed by atoms with Crippen molar-refractivity contribution in [2.24, 2.45) is 5.92 Å². The minimum Gasteiger partial charge on any atom is -0.485 e. The summed E-state index contributed by atoms with van der Waals surface area (Å²) in [5, 5.41) is 5.23. The van der Waals surface area contributed by atoms with E-state index in [9.17, 15) is 18.4 Å². The minimum absolute atomic E-state index is 0.132. The van der Waals surface area contributed by atoms with Crippen LogP contribution in [0.2, 0.25) is 0 Å². The second-order valence-electron chi connectivity index (χ2n) is 9.16. The van der Waals surface area contributed by atoms with Crippen LogP contribution < -0.4 is 15.4 Å². The second-order valence-corrected chi connectivity index (χ2v) is 9.16. The number of halogens is 2. The topological polar surface area (TPSA) is 89.6 Å². The Morgan fingerprint density at radius 1 is 1.09 bits per heavy atom. The molecule has 0 fully saturated rings. The lowest BCUT2D eigenvalue weighted by molar-refractivity contribution is -0.114. The predicted molar refractivity (Wildman–Crippen MR) is 122 cm³/mol. The number of hydrogen-bond donors (Lipinski definition) is 2. The van der Waals surface area contributed by atoms with Crippen LogP contribution in [-0.2, 0) is 9.53 Å². The number of alkyl carbamates (subject to hydrolysis) is 1. The lowest BCUT2D eigenvalue weighted by atomic mass is 10.0. The van der Waals surface area contributed by atoms with E-state index in [0.29, 0.717) is 12.0 Å². The molecule has 9 heteroatoms. The van der Waals surface area contributed by atoms with Crippen LogP contribution in [0.1, 0.15) is 48.0 Å². The van der Waals surface area contributed by atoms with Crippen LogP contribution in [0, 0.1) is 17.6 Å². The third-order valence-corrected chi connectivity index (χ3v) is 4.30. The Labute approximate surface area is 192 Å². The summed E-state index contributed by atoms with van der Waals surface area (Å²) in [6.45, 7) is 10.4. The molecule has 0 saturated carbocycles. The number of aromatic nitrogens is 1. The Morgan fingerprint density at radius 2 is 1.73 bits per heavy atom. The van der Waals surface area contributed by atoms with Crippen LogP contribution >= 0.6 is 0 Å². The van der Waals surface area contributed by atoms with Gasteiger partial charge in [-0.2, -0.15) is 0 Å². The quantitative estimate of drug-likeness (QED) is 0.554. The first-order chi connectivity index (χ1) is 15.3. The number of amides is 2. The van der Waals surface area contributed by atoms with E-state index in [0.717, 1.165) is 12.1 Å². The summed E-state index contributed by atoms with van der Waals surface area (Å²) in [5.74, 6) is -2.14. The molecular formula is C24H31F2N3O4. The Kier molecular flexibility index (Phi) is 8.73. The molecule has 1 aromatic heterocycles. The second kappa shape index (κ2) is 11.1. The van der Waals surface area contributed by atoms with Gasteiger partial charge in [-0.1, -0.05) is 13.8 Å². The third-order valence-electron chi connectivity index (χ3n) is 4.30. The minimum atomic E-state index is -0.886. The maximum Gasteiger partial charge on any atom is 0.407 e. The number of nitrogens with one attached hydrogen (secondary N) is 2. The number of nitrogens with zero attached hydrogens (tertiary/aromatic N) is 1. The van der Waals surface area contributed by atoms with Crippen molar-refractivity contribution in [3.05, 3.63) is 42.1 Å². The summed E-state index contributed by atoms with van der Waals surface area (Å²) in [6.07, 6.45) is 1.34. The zero-order valence-corrected chi connectivity index (χ0v) is 19.8. The van der Waals surface area contributed by atoms with Gasteiger partial charge in [0.25, 0.3) is 0 Å². The largest absolute Gasteiger partial charge is 0.485 e. The molecule has 0 aliphatic rings. The summed E-state index contributed by atoms with van der Waals surface area (Å²) < 4.78 is 40.2. The molecule has 0 aliphatic heterocycles. The zero-order valence-electron chi connectivity index (χ0n) is 19.8. The summed E-state index contributed by atoms with van der Waals surface area (Å²) in [7, 11) is 0. The normalized spacial score (nSPS) is 12.3. The van der Waals surface area contributed by atoms with E-state index in [1.165, 1.54) is 19.2 Å². The van der Waals surface area contributed by atoms with Gasteiger partial charge in [0.1, 0.15) is 18.0 Å². The van der Waals surface area contributed by atoms with E-state index in [4.69, 9.17) is 9.47 Å². The molecule has 1 atom stereocenters. The first-order valence-electron chi connectivity index (χ1n) is 10.7. The van der Waals surface area contributed by atoms with Crippen molar-refractivity contribution in [3.8, 4) is 16.9 Å². The number of hydrogen-bond acceptors (Lipinski definition) is 5. The fourth-order valence-electron chi connectivity index (χ4n) is 3.12. The lowest BCUT2D eigenvalue weighted by Gasteiger charge is -2.25. The zero-order chi connectivity index (χ0) is 24.8. The number of pyridine rings is 1. The van der Waals surface area contributed by atoms with Gasteiger partial charge in [0.15, 0.2) is 17.4 Å². The van der Waals surface area contributed by atoms with Gasteiger partial charge in [-0.25, -0.2) is 18.6 Å². The molecular weight excluding hydrogens is 432 g/mol. The summed E-state index contributed by atoms with van der Waals surface area (Å²) in [4.78, 5) is 27.3. The molecule has 7 nitrogen and oxygen atoms in total. The monoisotopic (exact) mass is 463 g/mol. The van der Waals surface area contributed by atoms with Gasteiger partial charge < -0.3 is 20.1 Å². The fraction of sp³-hybridized carbons (Fsp3) is 0.458. The van der Waals surface area contributed by atoms with Crippen LogP contribution in [0.25, 0.3) is 11.1 Å². The molecule has 33 heavy (non-hydrogen) atoms. The van der Waals surface area contributed by atoms with Crippen molar-refractivity contribution in [1.82, 2.24) is 10.3 Å². The molecule has 0 aliphatic carbocycles. The Morgan fingerprint density at radius 3 is 2.27 bits per heavy atom. The van der Waals surface area contributed by atoms with Gasteiger partial charge in [-0.3, -0.25) is 4.79 Å². The summed E-state index contributed by atoms with van der Waals surface area (Å²) in [6, 6.07) is 4.87. The van der Waals surface area contributed by atoms with Crippen molar-refractivity contribution in [2.45, 2.75) is 59.6 Å². The highest BCUT2D eigenvalue weighted by molar-refractivity contribution is 5.88. The van der Waals surface area contributed by atoms with Crippen LogP contribution in [0.5, 0.6) is 5.75 Å². The van der Waals surface area contributed by atoms with E-state index in [1.807, 2.05) is 13.8 Å². The van der Waals surface area contributed by atoms with Crippen LogP contribution in [0.15, 0.2) is 30.5 Å². The number of carbonyl (C=O) groups excluding carboxylic acids is 2. The van der Waals surface area contributed by atoms with E-state index in [-0.39, 0.29) is 29.8 Å². The van der Waals surface area contributed by atoms with Crippen molar-refractivity contribution in [3.63, 3.8) is 0 Å². The van der Waals surface area contributed by atoms with Crippen LogP contribution in [0.3, 0.4) is 0 Å². The van der Waals surface area contributed by atoms with E-state index >= 15 is 0 Å². The average Bonchev–Trinajstić information content (AvgIpc) is 2.64. The Bertz CT molecular complexity index is 967. The molecule has 0 bridgehead atoms. The Hall–Kier alpha value is -3.23. The van der Waals surface area contributed by atoms with Crippen LogP contribution in [-0.4, -0.2) is 35.2 Å². The molecule has 0 saturated heterocycles. The molecule has 2 aromatic rings. The van der Waals surface area contributed by atoms with Crippen molar-refractivity contribution >= 4 is 17.8 Å². The van der Waals surface area contributed by atoms with Crippen molar-refractivity contribution in [1.29, 1.82) is 0 Å². The van der Waals surface area contributed by atoms with Crippen LogP contribution in [0.4, 0.5) is 19.4 Å². The number of rotatable bonds is 8. The van der Waals surface area contributed by atoms with Gasteiger partial charge in [-0.15, -0.1) is 0 Å². The maximum absolute atomic E-state index is 14.7. The summed E-state index contributed by atoms with van der Waals surface area (Å²) in [5.41, 5.74) is 0.0630. The van der Waals surface area contributed by atoms with Gasteiger partial charge in [0.05, 0.1) is 6.04 Å². The maximum atomic E-state index is 14.7. The van der Waals surface area contributed by atoms with Crippen molar-refractivity contribution in [2.75, 3.05) is 11.9 Å². The number of anilines is 1. The van der Waals surface area contributed by atoms with Crippen molar-refractivity contribution < 1.29 is 27.8 Å². The van der Waals surface area contributed by atoms with Gasteiger partial charge in [0.2, 0.25) is 5.91 Å². The van der Waals surface area contributed by atoms with Gasteiger partial charge in [-0.05, 0) is 68.5 Å². The summed E-state index contributed by atoms with van der Waals surface area (Å²) >= 11 is 0. The molecule has 0 spiro atoms. The third kappa shape index (κ3) is 8.67. The highest BCUT2D eigenvalue weighted by Crippen LogP contribution is 2.30. The SMILES string of the molecule is CC(=O)Nc1cc(-c2cc(F)c(OCC(CC(C)C)NC(=O)OC(C)(C)C)c(F)c2)ccn1. The number of benzene rings is 1. The number of ether oxygens (including phenoxy) is 2. The first kappa shape index (κ1) is 26.0. The molecule has 1 aromatic carbocycles.